The molecule has 2 unspecified atom stereocenters. The van der Waals surface area contributed by atoms with Crippen molar-refractivity contribution in [1.29, 1.82) is 0 Å². The van der Waals surface area contributed by atoms with Crippen molar-refractivity contribution < 1.29 is 4.74 Å². The molecule has 4 nitrogen and oxygen atoms in total. The first kappa shape index (κ1) is 14.8. The van der Waals surface area contributed by atoms with Gasteiger partial charge in [0, 0.05) is 44.4 Å². The van der Waals surface area contributed by atoms with Crippen LogP contribution in [0.4, 0.5) is 0 Å². The lowest BCUT2D eigenvalue weighted by atomic mass is 10.0. The third kappa shape index (κ3) is 3.53. The van der Waals surface area contributed by atoms with Crippen LogP contribution in [0.15, 0.2) is 0 Å². The zero-order chi connectivity index (χ0) is 13.9. The highest BCUT2D eigenvalue weighted by atomic mass is 16.5. The third-order valence-electron chi connectivity index (χ3n) is 5.31. The highest BCUT2D eigenvalue weighted by Crippen LogP contribution is 2.35. The molecular formula is C16H31N3O. The smallest absolute Gasteiger partial charge is 0.0599 e. The van der Waals surface area contributed by atoms with E-state index >= 15 is 0 Å². The molecule has 3 rings (SSSR count). The van der Waals surface area contributed by atoms with Gasteiger partial charge in [-0.2, -0.15) is 0 Å². The second-order valence-corrected chi connectivity index (χ2v) is 6.91. The zero-order valence-electron chi connectivity index (χ0n) is 13.0. The Labute approximate surface area is 123 Å². The molecule has 4 heteroatoms. The van der Waals surface area contributed by atoms with Gasteiger partial charge < -0.3 is 10.5 Å². The highest BCUT2D eigenvalue weighted by molar-refractivity contribution is 4.97. The molecule has 20 heavy (non-hydrogen) atoms. The van der Waals surface area contributed by atoms with Crippen molar-refractivity contribution in [2.24, 2.45) is 5.73 Å². The van der Waals surface area contributed by atoms with Crippen LogP contribution >= 0.6 is 0 Å². The van der Waals surface area contributed by atoms with Gasteiger partial charge in [0.05, 0.1) is 6.10 Å². The summed E-state index contributed by atoms with van der Waals surface area (Å²) in [7, 11) is 0. The maximum atomic E-state index is 5.91. The number of nitrogens with two attached hydrogens (primary N) is 1. The van der Waals surface area contributed by atoms with Crippen molar-refractivity contribution in [2.45, 2.75) is 69.7 Å². The minimum Gasteiger partial charge on any atom is -0.378 e. The largest absolute Gasteiger partial charge is 0.378 e. The Kier molecular flexibility index (Phi) is 4.97. The van der Waals surface area contributed by atoms with Gasteiger partial charge in [0.2, 0.25) is 0 Å². The molecule has 2 N–H and O–H groups in total. The predicted octanol–water partition coefficient (Wildman–Crippen LogP) is 1.44. The Morgan fingerprint density at radius 2 is 1.85 bits per heavy atom. The molecule has 2 heterocycles. The van der Waals surface area contributed by atoms with E-state index in [1.165, 1.54) is 51.7 Å². The van der Waals surface area contributed by atoms with E-state index in [0.717, 1.165) is 37.7 Å². The minimum atomic E-state index is 0.483. The van der Waals surface area contributed by atoms with Crippen LogP contribution in [0.5, 0.6) is 0 Å². The molecule has 2 aliphatic heterocycles. The first-order valence-corrected chi connectivity index (χ1v) is 8.59. The molecule has 0 radical (unpaired) electrons. The van der Waals surface area contributed by atoms with Gasteiger partial charge in [-0.05, 0) is 52.0 Å². The number of hydrogen-bond acceptors (Lipinski definition) is 4. The van der Waals surface area contributed by atoms with Crippen LogP contribution in [0.2, 0.25) is 0 Å². The number of hydrogen-bond donors (Lipinski definition) is 1. The molecule has 0 amide bonds. The topological polar surface area (TPSA) is 41.7 Å². The summed E-state index contributed by atoms with van der Waals surface area (Å²) in [5, 5.41) is 0. The Balaban J connectivity index is 1.40. The molecule has 0 bridgehead atoms. The third-order valence-corrected chi connectivity index (χ3v) is 5.31. The number of piperidine rings is 1. The van der Waals surface area contributed by atoms with Crippen molar-refractivity contribution in [3.05, 3.63) is 0 Å². The molecular weight excluding hydrogens is 250 g/mol. The van der Waals surface area contributed by atoms with Gasteiger partial charge in [0.1, 0.15) is 0 Å². The van der Waals surface area contributed by atoms with Crippen LogP contribution in [0.1, 0.15) is 45.4 Å². The van der Waals surface area contributed by atoms with E-state index in [9.17, 15) is 0 Å². The second kappa shape index (κ2) is 6.73. The van der Waals surface area contributed by atoms with Crippen molar-refractivity contribution in [2.75, 3.05) is 32.8 Å². The lowest BCUT2D eigenvalue weighted by Crippen LogP contribution is -2.44. The summed E-state index contributed by atoms with van der Waals surface area (Å²) in [5.74, 6) is 0. The summed E-state index contributed by atoms with van der Waals surface area (Å²) in [5.41, 5.74) is 5.51. The normalized spacial score (nSPS) is 33.9. The van der Waals surface area contributed by atoms with Gasteiger partial charge in [0.15, 0.2) is 0 Å². The molecule has 0 aromatic heterocycles. The number of rotatable bonds is 6. The van der Waals surface area contributed by atoms with E-state index < -0.39 is 0 Å². The molecule has 116 valence electrons. The van der Waals surface area contributed by atoms with Crippen molar-refractivity contribution in [1.82, 2.24) is 9.80 Å². The predicted molar refractivity (Wildman–Crippen MR) is 81.8 cm³/mol. The van der Waals surface area contributed by atoms with E-state index in [-0.39, 0.29) is 0 Å². The molecule has 1 saturated carbocycles. The van der Waals surface area contributed by atoms with E-state index in [4.69, 9.17) is 10.5 Å². The molecule has 0 spiro atoms. The number of likely N-dealkylation sites (tertiary alicyclic amines) is 2. The van der Waals surface area contributed by atoms with E-state index in [0.29, 0.717) is 6.10 Å². The fourth-order valence-electron chi connectivity index (χ4n) is 3.95. The summed E-state index contributed by atoms with van der Waals surface area (Å²) in [6, 6.07) is 2.52. The maximum Gasteiger partial charge on any atom is 0.0599 e. The molecule has 3 fully saturated rings. The minimum absolute atomic E-state index is 0.483. The Morgan fingerprint density at radius 1 is 1.10 bits per heavy atom. The van der Waals surface area contributed by atoms with Gasteiger partial charge in [-0.25, -0.2) is 0 Å². The summed E-state index contributed by atoms with van der Waals surface area (Å²) < 4.78 is 5.91. The quantitative estimate of drug-likeness (QED) is 0.748. The molecule has 1 aliphatic carbocycles. The van der Waals surface area contributed by atoms with E-state index in [1.807, 2.05) is 0 Å². The number of nitrogens with zero attached hydrogens (tertiary/aromatic N) is 2. The first-order valence-electron chi connectivity index (χ1n) is 8.59. The molecule has 2 atom stereocenters. The first-order chi connectivity index (χ1) is 9.78. The van der Waals surface area contributed by atoms with Crippen LogP contribution in [-0.4, -0.2) is 66.8 Å². The zero-order valence-corrected chi connectivity index (χ0v) is 13.0. The fourth-order valence-corrected chi connectivity index (χ4v) is 3.95. The SMILES string of the molecule is CC1CC(N2CCC(OCCCN)CC2)CN1C1CC1. The molecule has 0 aromatic carbocycles. The van der Waals surface area contributed by atoms with Crippen molar-refractivity contribution in [3.8, 4) is 0 Å². The van der Waals surface area contributed by atoms with Crippen LogP contribution < -0.4 is 5.73 Å². The monoisotopic (exact) mass is 281 g/mol. The number of ether oxygens (including phenoxy) is 1. The van der Waals surface area contributed by atoms with Crippen LogP contribution in [0.25, 0.3) is 0 Å². The van der Waals surface area contributed by atoms with Crippen molar-refractivity contribution >= 4 is 0 Å². The van der Waals surface area contributed by atoms with Crippen LogP contribution in [0.3, 0.4) is 0 Å². The van der Waals surface area contributed by atoms with Gasteiger partial charge >= 0.3 is 0 Å². The second-order valence-electron chi connectivity index (χ2n) is 6.91. The van der Waals surface area contributed by atoms with Gasteiger partial charge in [-0.3, -0.25) is 9.80 Å². The summed E-state index contributed by atoms with van der Waals surface area (Å²) in [4.78, 5) is 5.48. The molecule has 3 aliphatic rings. The summed E-state index contributed by atoms with van der Waals surface area (Å²) >= 11 is 0. The maximum absolute atomic E-state index is 5.91. The van der Waals surface area contributed by atoms with E-state index in [2.05, 4.69) is 16.7 Å². The standard InChI is InChI=1S/C16H31N3O/c1-13-11-15(12-19(13)14-3-4-14)18-8-5-16(6-9-18)20-10-2-7-17/h13-16H,2-12,17H2,1H3. The van der Waals surface area contributed by atoms with Gasteiger partial charge in [-0.1, -0.05) is 0 Å². The lowest BCUT2D eigenvalue weighted by Gasteiger charge is -2.36. The highest BCUT2D eigenvalue weighted by Gasteiger charge is 2.41. The van der Waals surface area contributed by atoms with Crippen molar-refractivity contribution in [3.63, 3.8) is 0 Å². The summed E-state index contributed by atoms with van der Waals surface area (Å²) in [6.07, 6.45) is 8.14. The summed E-state index contributed by atoms with van der Waals surface area (Å²) in [6.45, 7) is 7.77. The van der Waals surface area contributed by atoms with E-state index in [1.54, 1.807) is 0 Å². The Hall–Kier alpha value is -0.160. The Bertz CT molecular complexity index is 300. The van der Waals surface area contributed by atoms with Gasteiger partial charge in [0.25, 0.3) is 0 Å². The van der Waals surface area contributed by atoms with Crippen LogP contribution in [0, 0.1) is 0 Å². The molecule has 2 saturated heterocycles. The fraction of sp³-hybridized carbons (Fsp3) is 1.00. The van der Waals surface area contributed by atoms with Gasteiger partial charge in [-0.15, -0.1) is 0 Å². The Morgan fingerprint density at radius 3 is 2.50 bits per heavy atom. The van der Waals surface area contributed by atoms with Crippen LogP contribution in [-0.2, 0) is 4.74 Å². The lowest BCUT2D eigenvalue weighted by molar-refractivity contribution is -0.00133. The average Bonchev–Trinajstić information content (AvgIpc) is 3.23. The molecule has 0 aromatic rings. The average molecular weight is 281 g/mol.